The Morgan fingerprint density at radius 2 is 2.05 bits per heavy atom. The van der Waals surface area contributed by atoms with Gasteiger partial charge in [0.25, 0.3) is 15.9 Å². The van der Waals surface area contributed by atoms with Gasteiger partial charge < -0.3 is 5.11 Å². The zero-order valence-electron chi connectivity index (χ0n) is 10.8. The standard InChI is InChI=1S/C13H12FNO4S/c1-13(2)12(17)15(20(13,18)19)10-5-6-11(14)9(8-10)4-3-7-16/h5-6,8,16H,7H2,1-2H3. The highest BCUT2D eigenvalue weighted by Crippen LogP contribution is 2.39. The summed E-state index contributed by atoms with van der Waals surface area (Å²) in [5.74, 6) is 3.40. The first kappa shape index (κ1) is 14.5. The molecule has 20 heavy (non-hydrogen) atoms. The first-order chi connectivity index (χ1) is 9.23. The van der Waals surface area contributed by atoms with Crippen molar-refractivity contribution in [3.05, 3.63) is 29.6 Å². The number of halogens is 1. The summed E-state index contributed by atoms with van der Waals surface area (Å²) in [5.41, 5.74) is -0.0396. The summed E-state index contributed by atoms with van der Waals surface area (Å²) in [4.78, 5) is 11.9. The second-order valence-corrected chi connectivity index (χ2v) is 7.04. The van der Waals surface area contributed by atoms with Crippen LogP contribution < -0.4 is 4.31 Å². The molecule has 1 saturated heterocycles. The molecule has 1 aromatic carbocycles. The third kappa shape index (κ3) is 1.88. The molecule has 1 N–H and O–H groups in total. The number of sulfonamides is 1. The Bertz CT molecular complexity index is 743. The van der Waals surface area contributed by atoms with Gasteiger partial charge >= 0.3 is 0 Å². The number of carbonyl (C=O) groups excluding carboxylic acids is 1. The normalized spacial score (nSPS) is 19.0. The fourth-order valence-corrected chi connectivity index (χ4v) is 3.25. The van der Waals surface area contributed by atoms with Crippen molar-refractivity contribution < 1.29 is 22.7 Å². The van der Waals surface area contributed by atoms with E-state index in [4.69, 9.17) is 5.11 Å². The van der Waals surface area contributed by atoms with Gasteiger partial charge in [-0.05, 0) is 32.0 Å². The lowest BCUT2D eigenvalue weighted by atomic mass is 10.1. The van der Waals surface area contributed by atoms with Crippen molar-refractivity contribution in [1.82, 2.24) is 0 Å². The predicted molar refractivity (Wildman–Crippen MR) is 70.8 cm³/mol. The molecule has 0 radical (unpaired) electrons. The molecule has 1 fully saturated rings. The van der Waals surface area contributed by atoms with Gasteiger partial charge in [-0.2, -0.15) is 0 Å². The molecule has 1 amide bonds. The molecule has 1 aliphatic rings. The number of aliphatic hydroxyl groups is 1. The molecule has 1 heterocycles. The molecule has 1 aromatic rings. The first-order valence-electron chi connectivity index (χ1n) is 5.72. The van der Waals surface area contributed by atoms with Crippen LogP contribution in [0.5, 0.6) is 0 Å². The summed E-state index contributed by atoms with van der Waals surface area (Å²) < 4.78 is 36.7. The van der Waals surface area contributed by atoms with Crippen LogP contribution in [0.4, 0.5) is 10.1 Å². The minimum atomic E-state index is -3.79. The molecule has 0 atom stereocenters. The molecule has 5 nitrogen and oxygen atoms in total. The van der Waals surface area contributed by atoms with Crippen molar-refractivity contribution >= 4 is 21.6 Å². The van der Waals surface area contributed by atoms with Crippen LogP contribution in [0.2, 0.25) is 0 Å². The molecule has 0 saturated carbocycles. The number of amides is 1. The maximum absolute atomic E-state index is 13.5. The van der Waals surface area contributed by atoms with Gasteiger partial charge in [0.2, 0.25) is 0 Å². The van der Waals surface area contributed by atoms with Crippen LogP contribution in [-0.4, -0.2) is 30.8 Å². The van der Waals surface area contributed by atoms with Gasteiger partial charge in [-0.25, -0.2) is 17.1 Å². The predicted octanol–water partition coefficient (Wildman–Crippen LogP) is 0.625. The monoisotopic (exact) mass is 297 g/mol. The highest BCUT2D eigenvalue weighted by atomic mass is 32.2. The number of benzene rings is 1. The van der Waals surface area contributed by atoms with Crippen LogP contribution in [0, 0.1) is 17.7 Å². The maximum atomic E-state index is 13.5. The molecule has 2 rings (SSSR count). The van der Waals surface area contributed by atoms with Crippen LogP contribution in [0.3, 0.4) is 0 Å². The molecule has 0 aromatic heterocycles. The van der Waals surface area contributed by atoms with Crippen LogP contribution >= 0.6 is 0 Å². The van der Waals surface area contributed by atoms with Crippen molar-refractivity contribution in [2.45, 2.75) is 18.6 Å². The number of hydrogen-bond acceptors (Lipinski definition) is 4. The quantitative estimate of drug-likeness (QED) is 0.771. The Morgan fingerprint density at radius 3 is 2.60 bits per heavy atom. The fourth-order valence-electron chi connectivity index (χ4n) is 1.78. The number of carbonyl (C=O) groups is 1. The molecule has 1 aliphatic heterocycles. The lowest BCUT2D eigenvalue weighted by Gasteiger charge is -2.42. The molecule has 0 spiro atoms. The largest absolute Gasteiger partial charge is 0.384 e. The van der Waals surface area contributed by atoms with Crippen LogP contribution in [0.15, 0.2) is 18.2 Å². The third-order valence-corrected chi connectivity index (χ3v) is 5.39. The van der Waals surface area contributed by atoms with E-state index in [1.807, 2.05) is 0 Å². The second-order valence-electron chi connectivity index (χ2n) is 4.71. The number of anilines is 1. The van der Waals surface area contributed by atoms with Crippen molar-refractivity contribution in [3.8, 4) is 11.8 Å². The smallest absolute Gasteiger partial charge is 0.263 e. The number of hydrogen-bond donors (Lipinski definition) is 1. The van der Waals surface area contributed by atoms with E-state index in [-0.39, 0.29) is 11.3 Å². The topological polar surface area (TPSA) is 74.7 Å². The summed E-state index contributed by atoms with van der Waals surface area (Å²) >= 11 is 0. The molecule has 0 unspecified atom stereocenters. The lowest BCUT2D eigenvalue weighted by Crippen LogP contribution is -2.67. The Kier molecular flexibility index (Phi) is 3.32. The summed E-state index contributed by atoms with van der Waals surface area (Å²) in [6.07, 6.45) is 0. The minimum absolute atomic E-state index is 0.0398. The fraction of sp³-hybridized carbons (Fsp3) is 0.308. The number of nitrogens with zero attached hydrogens (tertiary/aromatic N) is 1. The van der Waals surface area contributed by atoms with Crippen molar-refractivity contribution in [2.75, 3.05) is 10.9 Å². The molecule has 0 aliphatic carbocycles. The van der Waals surface area contributed by atoms with E-state index in [2.05, 4.69) is 11.8 Å². The van der Waals surface area contributed by atoms with Crippen LogP contribution in [0.1, 0.15) is 19.4 Å². The van der Waals surface area contributed by atoms with Crippen LogP contribution in [0.25, 0.3) is 0 Å². The van der Waals surface area contributed by atoms with E-state index in [1.54, 1.807) is 0 Å². The highest BCUT2D eigenvalue weighted by molar-refractivity contribution is 7.98. The summed E-state index contributed by atoms with van der Waals surface area (Å²) in [7, 11) is -3.79. The van der Waals surface area contributed by atoms with Gasteiger partial charge in [-0.3, -0.25) is 4.79 Å². The van der Waals surface area contributed by atoms with E-state index < -0.39 is 33.1 Å². The van der Waals surface area contributed by atoms with Crippen molar-refractivity contribution in [1.29, 1.82) is 0 Å². The minimum Gasteiger partial charge on any atom is -0.384 e. The van der Waals surface area contributed by atoms with Crippen LogP contribution in [-0.2, 0) is 14.8 Å². The van der Waals surface area contributed by atoms with Gasteiger partial charge in [-0.15, -0.1) is 0 Å². The van der Waals surface area contributed by atoms with Gasteiger partial charge in [-0.1, -0.05) is 11.8 Å². The average Bonchev–Trinajstić information content (AvgIpc) is 2.38. The van der Waals surface area contributed by atoms with E-state index >= 15 is 0 Å². The zero-order chi connectivity index (χ0) is 15.1. The van der Waals surface area contributed by atoms with E-state index in [0.717, 1.165) is 6.07 Å². The molecular formula is C13H12FNO4S. The average molecular weight is 297 g/mol. The van der Waals surface area contributed by atoms with Gasteiger partial charge in [0, 0.05) is 0 Å². The van der Waals surface area contributed by atoms with E-state index in [0.29, 0.717) is 4.31 Å². The lowest BCUT2D eigenvalue weighted by molar-refractivity contribution is -0.120. The first-order valence-corrected chi connectivity index (χ1v) is 7.16. The number of aliphatic hydroxyl groups excluding tert-OH is 1. The molecule has 106 valence electrons. The van der Waals surface area contributed by atoms with Gasteiger partial charge in [0.05, 0.1) is 11.3 Å². The molecular weight excluding hydrogens is 285 g/mol. The maximum Gasteiger partial charge on any atom is 0.263 e. The highest BCUT2D eigenvalue weighted by Gasteiger charge is 2.60. The summed E-state index contributed by atoms with van der Waals surface area (Å²) in [6, 6.07) is 3.40. The second kappa shape index (κ2) is 4.58. The zero-order valence-corrected chi connectivity index (χ0v) is 11.7. The SMILES string of the molecule is CC1(C)C(=O)N(c2ccc(F)c(C#CCO)c2)S1(=O)=O. The van der Waals surface area contributed by atoms with Crippen molar-refractivity contribution in [3.63, 3.8) is 0 Å². The van der Waals surface area contributed by atoms with E-state index in [9.17, 15) is 17.6 Å². The molecule has 0 bridgehead atoms. The van der Waals surface area contributed by atoms with Gasteiger partial charge in [0.15, 0.2) is 4.75 Å². The Balaban J connectivity index is 2.49. The Hall–Kier alpha value is -1.91. The van der Waals surface area contributed by atoms with Crippen molar-refractivity contribution in [2.24, 2.45) is 0 Å². The molecule has 7 heteroatoms. The summed E-state index contributed by atoms with van der Waals surface area (Å²) in [5, 5.41) is 8.59. The summed E-state index contributed by atoms with van der Waals surface area (Å²) in [6.45, 7) is 2.19. The Labute approximate surface area is 116 Å². The van der Waals surface area contributed by atoms with E-state index in [1.165, 1.54) is 26.0 Å². The number of rotatable bonds is 1. The van der Waals surface area contributed by atoms with Gasteiger partial charge in [0.1, 0.15) is 12.4 Å². The Morgan fingerprint density at radius 1 is 1.40 bits per heavy atom. The third-order valence-electron chi connectivity index (χ3n) is 3.07.